The standard InChI is InChI=1S/C26H30N4O4/c1-16-4-6-17(7-5-16)20-12-29(3)22-21(20)27-15-28-24(22)33-23-18-10-30(11-19(23)14-32-13-18)25(31)34-26(2)8-9-26/h4-7,12,15,18-19,23H,8-11,13-14H2,1-3H3. The third-order valence-corrected chi connectivity index (χ3v) is 7.38. The summed E-state index contributed by atoms with van der Waals surface area (Å²) in [7, 11) is 2.00. The number of benzene rings is 1. The minimum atomic E-state index is -0.274. The Bertz CT molecular complexity index is 1220. The first-order valence-electron chi connectivity index (χ1n) is 12.0. The van der Waals surface area contributed by atoms with Crippen molar-refractivity contribution >= 4 is 17.1 Å². The zero-order valence-electron chi connectivity index (χ0n) is 19.9. The van der Waals surface area contributed by atoms with Crippen LogP contribution < -0.4 is 4.74 Å². The lowest BCUT2D eigenvalue weighted by molar-refractivity contribution is -0.111. The van der Waals surface area contributed by atoms with Crippen molar-refractivity contribution in [3.63, 3.8) is 0 Å². The van der Waals surface area contributed by atoms with Gasteiger partial charge in [-0.25, -0.2) is 9.78 Å². The van der Waals surface area contributed by atoms with Gasteiger partial charge in [-0.2, -0.15) is 4.98 Å². The molecule has 6 rings (SSSR count). The van der Waals surface area contributed by atoms with Gasteiger partial charge in [0, 0.05) is 43.7 Å². The Hall–Kier alpha value is -3.13. The molecule has 8 heteroatoms. The van der Waals surface area contributed by atoms with Crippen LogP contribution in [-0.2, 0) is 16.5 Å². The van der Waals surface area contributed by atoms with Crippen molar-refractivity contribution in [2.24, 2.45) is 18.9 Å². The van der Waals surface area contributed by atoms with Crippen molar-refractivity contribution in [1.29, 1.82) is 0 Å². The Morgan fingerprint density at radius 2 is 1.82 bits per heavy atom. The minimum Gasteiger partial charge on any atom is -0.472 e. The molecule has 1 aliphatic carbocycles. The maximum Gasteiger partial charge on any atom is 0.410 e. The number of aryl methyl sites for hydroxylation is 2. The third kappa shape index (κ3) is 3.79. The molecule has 3 fully saturated rings. The van der Waals surface area contributed by atoms with Crippen molar-refractivity contribution in [3.8, 4) is 17.0 Å². The monoisotopic (exact) mass is 462 g/mol. The molecule has 2 aliphatic heterocycles. The molecule has 2 bridgehead atoms. The lowest BCUT2D eigenvalue weighted by atomic mass is 9.84. The lowest BCUT2D eigenvalue weighted by Gasteiger charge is -2.46. The van der Waals surface area contributed by atoms with Crippen molar-refractivity contribution in [3.05, 3.63) is 42.4 Å². The van der Waals surface area contributed by atoms with E-state index in [1.807, 2.05) is 23.4 Å². The van der Waals surface area contributed by atoms with Crippen molar-refractivity contribution < 1.29 is 19.0 Å². The zero-order valence-corrected chi connectivity index (χ0v) is 19.9. The van der Waals surface area contributed by atoms with Gasteiger partial charge >= 0.3 is 6.09 Å². The van der Waals surface area contributed by atoms with Gasteiger partial charge in [-0.15, -0.1) is 0 Å². The molecular weight excluding hydrogens is 432 g/mol. The van der Waals surface area contributed by atoms with E-state index in [0.717, 1.165) is 35.0 Å². The molecule has 2 atom stereocenters. The summed E-state index contributed by atoms with van der Waals surface area (Å²) in [5.41, 5.74) is 4.86. The van der Waals surface area contributed by atoms with E-state index < -0.39 is 0 Å². The summed E-state index contributed by atoms with van der Waals surface area (Å²) >= 11 is 0. The highest BCUT2D eigenvalue weighted by Crippen LogP contribution is 2.40. The maximum absolute atomic E-state index is 12.7. The Morgan fingerprint density at radius 3 is 2.50 bits per heavy atom. The fourth-order valence-corrected chi connectivity index (χ4v) is 5.15. The summed E-state index contributed by atoms with van der Waals surface area (Å²) in [6, 6.07) is 8.45. The maximum atomic E-state index is 12.7. The number of carbonyl (C=O) groups excluding carboxylic acids is 1. The number of piperidine rings is 1. The summed E-state index contributed by atoms with van der Waals surface area (Å²) in [6.45, 7) is 6.31. The van der Waals surface area contributed by atoms with Gasteiger partial charge in [0.2, 0.25) is 5.88 Å². The Morgan fingerprint density at radius 1 is 1.12 bits per heavy atom. The predicted molar refractivity (Wildman–Crippen MR) is 127 cm³/mol. The number of rotatable bonds is 4. The average Bonchev–Trinajstić information content (AvgIpc) is 3.43. The average molecular weight is 463 g/mol. The number of hydrogen-bond acceptors (Lipinski definition) is 6. The quantitative estimate of drug-likeness (QED) is 0.584. The van der Waals surface area contributed by atoms with Gasteiger partial charge in [0.25, 0.3) is 0 Å². The topological polar surface area (TPSA) is 78.7 Å². The molecule has 0 N–H and O–H groups in total. The second kappa shape index (κ2) is 7.98. The molecule has 1 aromatic carbocycles. The molecule has 3 aromatic rings. The first-order chi connectivity index (χ1) is 16.4. The van der Waals surface area contributed by atoms with E-state index in [-0.39, 0.29) is 29.6 Å². The van der Waals surface area contributed by atoms with Gasteiger partial charge in [0.15, 0.2) is 0 Å². The highest BCUT2D eigenvalue weighted by Gasteiger charge is 2.47. The zero-order chi connectivity index (χ0) is 23.4. The molecule has 1 amide bonds. The molecule has 4 heterocycles. The van der Waals surface area contributed by atoms with E-state index in [0.29, 0.717) is 32.2 Å². The van der Waals surface area contributed by atoms with E-state index in [2.05, 4.69) is 47.4 Å². The molecule has 3 aliphatic rings. The van der Waals surface area contributed by atoms with Crippen LogP contribution in [0.25, 0.3) is 22.2 Å². The van der Waals surface area contributed by atoms with Crippen LogP contribution >= 0.6 is 0 Å². The first-order valence-corrected chi connectivity index (χ1v) is 12.0. The second-order valence-electron chi connectivity index (χ2n) is 10.3. The predicted octanol–water partition coefficient (Wildman–Crippen LogP) is 3.96. The van der Waals surface area contributed by atoms with Crippen LogP contribution in [0.15, 0.2) is 36.8 Å². The van der Waals surface area contributed by atoms with E-state index in [9.17, 15) is 4.79 Å². The normalized spacial score (nSPS) is 25.3. The summed E-state index contributed by atoms with van der Waals surface area (Å²) in [6.07, 6.45) is 5.25. The summed E-state index contributed by atoms with van der Waals surface area (Å²) in [5.74, 6) is 0.706. The van der Waals surface area contributed by atoms with Gasteiger partial charge < -0.3 is 23.7 Å². The van der Waals surface area contributed by atoms with Crippen LogP contribution in [-0.4, -0.2) is 63.5 Å². The van der Waals surface area contributed by atoms with Crippen LogP contribution in [0.3, 0.4) is 0 Å². The van der Waals surface area contributed by atoms with Gasteiger partial charge in [0.1, 0.15) is 29.1 Å². The second-order valence-corrected chi connectivity index (χ2v) is 10.3. The molecule has 8 nitrogen and oxygen atoms in total. The smallest absolute Gasteiger partial charge is 0.410 e. The SMILES string of the molecule is Cc1ccc(-c2cn(C)c3c(OC4C5COCC4CN(C(=O)OC4(C)CC4)C5)ncnc23)cc1. The number of amides is 1. The highest BCUT2D eigenvalue weighted by molar-refractivity contribution is 5.95. The van der Waals surface area contributed by atoms with Crippen LogP contribution in [0, 0.1) is 18.8 Å². The van der Waals surface area contributed by atoms with Gasteiger partial charge in [-0.3, -0.25) is 0 Å². The van der Waals surface area contributed by atoms with Crippen molar-refractivity contribution in [1.82, 2.24) is 19.4 Å². The van der Waals surface area contributed by atoms with Crippen molar-refractivity contribution in [2.45, 2.75) is 38.4 Å². The summed E-state index contributed by atoms with van der Waals surface area (Å²) in [4.78, 5) is 23.7. The molecule has 2 aromatic heterocycles. The first kappa shape index (κ1) is 21.4. The number of hydrogen-bond donors (Lipinski definition) is 0. The number of aromatic nitrogens is 3. The number of likely N-dealkylation sites (tertiary alicyclic amines) is 1. The number of ether oxygens (including phenoxy) is 3. The number of carbonyl (C=O) groups is 1. The molecule has 34 heavy (non-hydrogen) atoms. The lowest BCUT2D eigenvalue weighted by Crippen LogP contribution is -2.59. The molecule has 0 spiro atoms. The summed E-state index contributed by atoms with van der Waals surface area (Å²) in [5, 5.41) is 0. The fraction of sp³-hybridized carbons (Fsp3) is 0.500. The van der Waals surface area contributed by atoms with Gasteiger partial charge in [-0.1, -0.05) is 29.8 Å². The molecule has 178 valence electrons. The Balaban J connectivity index is 1.26. The van der Waals surface area contributed by atoms with Crippen LogP contribution in [0.1, 0.15) is 25.3 Å². The number of fused-ring (bicyclic) bond motifs is 3. The molecule has 2 unspecified atom stereocenters. The largest absolute Gasteiger partial charge is 0.472 e. The number of nitrogens with zero attached hydrogens (tertiary/aromatic N) is 4. The van der Waals surface area contributed by atoms with Crippen LogP contribution in [0.4, 0.5) is 4.79 Å². The Kier molecular flexibility index (Phi) is 5.02. The molecular formula is C26H30N4O4. The van der Waals surface area contributed by atoms with Gasteiger partial charge in [-0.05, 0) is 32.3 Å². The van der Waals surface area contributed by atoms with E-state index in [1.165, 1.54) is 5.56 Å². The fourth-order valence-electron chi connectivity index (χ4n) is 5.15. The van der Waals surface area contributed by atoms with Gasteiger partial charge in [0.05, 0.1) is 13.2 Å². The summed E-state index contributed by atoms with van der Waals surface area (Å²) < 4.78 is 20.2. The highest BCUT2D eigenvalue weighted by atomic mass is 16.6. The minimum absolute atomic E-state index is 0.0638. The van der Waals surface area contributed by atoms with Crippen LogP contribution in [0.5, 0.6) is 5.88 Å². The van der Waals surface area contributed by atoms with E-state index >= 15 is 0 Å². The third-order valence-electron chi connectivity index (χ3n) is 7.38. The molecule has 2 saturated heterocycles. The molecule has 0 radical (unpaired) electrons. The molecule has 1 saturated carbocycles. The van der Waals surface area contributed by atoms with Crippen LogP contribution in [0.2, 0.25) is 0 Å². The Labute approximate surface area is 198 Å². The van der Waals surface area contributed by atoms with E-state index in [4.69, 9.17) is 14.2 Å². The van der Waals surface area contributed by atoms with E-state index in [1.54, 1.807) is 6.33 Å². The van der Waals surface area contributed by atoms with Crippen molar-refractivity contribution in [2.75, 3.05) is 26.3 Å².